The Kier molecular flexibility index (Phi) is 4.21. The normalized spacial score (nSPS) is 18.8. The van der Waals surface area contributed by atoms with Crippen LogP contribution >= 0.6 is 0 Å². The van der Waals surface area contributed by atoms with Gasteiger partial charge in [0.1, 0.15) is 11.6 Å². The van der Waals surface area contributed by atoms with Gasteiger partial charge in [0, 0.05) is 61.5 Å². The van der Waals surface area contributed by atoms with Gasteiger partial charge in [0.05, 0.1) is 11.9 Å². The fraction of sp³-hybridized carbons (Fsp3) is 0.346. The van der Waals surface area contributed by atoms with Crippen molar-refractivity contribution in [2.24, 2.45) is 5.41 Å². The topological polar surface area (TPSA) is 70.4 Å². The maximum atomic E-state index is 5.06. The molecule has 4 aromatic rings. The number of nitrogens with zero attached hydrogens (tertiary/aromatic N) is 5. The molecule has 0 radical (unpaired) electrons. The molecule has 1 aromatic carbocycles. The average molecular weight is 438 g/mol. The van der Waals surface area contributed by atoms with E-state index < -0.39 is 0 Å². The van der Waals surface area contributed by atoms with Crippen LogP contribution in [0.5, 0.6) is 0 Å². The molecule has 7 heteroatoms. The summed E-state index contributed by atoms with van der Waals surface area (Å²) in [7, 11) is 0. The van der Waals surface area contributed by atoms with Crippen LogP contribution in [0.4, 0.5) is 11.6 Å². The molecule has 7 rings (SSSR count). The van der Waals surface area contributed by atoms with E-state index in [9.17, 15) is 0 Å². The predicted octanol–water partition coefficient (Wildman–Crippen LogP) is 3.69. The molecule has 1 aliphatic carbocycles. The average Bonchev–Trinajstić information content (AvgIpc) is 3.55. The highest BCUT2D eigenvalue weighted by Gasteiger charge is 2.48. The van der Waals surface area contributed by atoms with Crippen LogP contribution in [-0.2, 0) is 6.54 Å². The highest BCUT2D eigenvalue weighted by Crippen LogP contribution is 2.43. The second-order valence-corrected chi connectivity index (χ2v) is 9.83. The van der Waals surface area contributed by atoms with Gasteiger partial charge in [0.15, 0.2) is 5.65 Å². The number of hydrogen-bond acceptors (Lipinski definition) is 6. The quantitative estimate of drug-likeness (QED) is 0.479. The number of hydrogen-bond donors (Lipinski definition) is 2. The van der Waals surface area contributed by atoms with E-state index >= 15 is 0 Å². The Hall–Kier alpha value is -3.45. The Morgan fingerprint density at radius 3 is 2.61 bits per heavy atom. The molecular weight excluding hydrogens is 410 g/mol. The largest absolute Gasteiger partial charge is 0.366 e. The standard InChI is InChI=1S/C26H27N7/c1-2-10-28-22(3-1)20-6-4-18(5-7-20)12-29-23-11-24(32-16-26(17-32)14-27-15-26)31-25-21(19-8-9-19)13-30-33(23)25/h1-7,10-11,13,19,27,29H,8-9,12,14-17H2. The SMILES string of the molecule is c1ccc(-c2ccc(CNc3cc(N4CC5(CNC5)C4)nc4c(C5CC5)cnn34)cc2)nc1. The molecular formula is C26H27N7. The number of aromatic nitrogens is 4. The van der Waals surface area contributed by atoms with Gasteiger partial charge in [-0.2, -0.15) is 9.61 Å². The van der Waals surface area contributed by atoms with Gasteiger partial charge >= 0.3 is 0 Å². The molecule has 2 saturated heterocycles. The van der Waals surface area contributed by atoms with Crippen LogP contribution in [0.25, 0.3) is 16.9 Å². The van der Waals surface area contributed by atoms with E-state index in [2.05, 4.69) is 50.8 Å². The molecule has 2 aliphatic heterocycles. The van der Waals surface area contributed by atoms with Gasteiger partial charge in [-0.05, 0) is 36.5 Å². The van der Waals surface area contributed by atoms with Crippen molar-refractivity contribution in [3.05, 3.63) is 72.1 Å². The Morgan fingerprint density at radius 2 is 1.91 bits per heavy atom. The molecule has 166 valence electrons. The minimum Gasteiger partial charge on any atom is -0.366 e. The van der Waals surface area contributed by atoms with Crippen molar-refractivity contribution in [3.8, 4) is 11.3 Å². The summed E-state index contributed by atoms with van der Waals surface area (Å²) in [6.45, 7) is 5.17. The van der Waals surface area contributed by atoms with Gasteiger partial charge in [-0.1, -0.05) is 30.3 Å². The third-order valence-corrected chi connectivity index (χ3v) is 7.27. The molecule has 2 N–H and O–H groups in total. The zero-order chi connectivity index (χ0) is 21.8. The second-order valence-electron chi connectivity index (χ2n) is 9.83. The maximum absolute atomic E-state index is 5.06. The van der Waals surface area contributed by atoms with Crippen molar-refractivity contribution in [1.29, 1.82) is 0 Å². The van der Waals surface area contributed by atoms with Crippen LogP contribution in [0, 0.1) is 5.41 Å². The molecule has 3 aliphatic rings. The van der Waals surface area contributed by atoms with E-state index in [1.165, 1.54) is 24.0 Å². The smallest absolute Gasteiger partial charge is 0.163 e. The first-order chi connectivity index (χ1) is 16.3. The van der Waals surface area contributed by atoms with Crippen molar-refractivity contribution in [1.82, 2.24) is 24.9 Å². The monoisotopic (exact) mass is 437 g/mol. The van der Waals surface area contributed by atoms with Crippen LogP contribution in [0.3, 0.4) is 0 Å². The lowest BCUT2D eigenvalue weighted by Crippen LogP contribution is -2.71. The van der Waals surface area contributed by atoms with Gasteiger partial charge in [0.25, 0.3) is 0 Å². The van der Waals surface area contributed by atoms with Crippen LogP contribution in [-0.4, -0.2) is 45.8 Å². The fourth-order valence-electron chi connectivity index (χ4n) is 5.08. The summed E-state index contributed by atoms with van der Waals surface area (Å²) in [5.41, 5.74) is 6.12. The summed E-state index contributed by atoms with van der Waals surface area (Å²) in [5.74, 6) is 2.69. The lowest BCUT2D eigenvalue weighted by atomic mass is 9.74. The van der Waals surface area contributed by atoms with Crippen LogP contribution in [0.1, 0.15) is 29.9 Å². The summed E-state index contributed by atoms with van der Waals surface area (Å²) < 4.78 is 1.99. The molecule has 3 fully saturated rings. The Morgan fingerprint density at radius 1 is 1.06 bits per heavy atom. The van der Waals surface area contributed by atoms with Gasteiger partial charge in [0.2, 0.25) is 0 Å². The Labute approximate surface area is 192 Å². The molecule has 5 heterocycles. The van der Waals surface area contributed by atoms with Crippen LogP contribution in [0.15, 0.2) is 60.9 Å². The van der Waals surface area contributed by atoms with Crippen LogP contribution in [0.2, 0.25) is 0 Å². The van der Waals surface area contributed by atoms with Crippen molar-refractivity contribution in [3.63, 3.8) is 0 Å². The van der Waals surface area contributed by atoms with Crippen molar-refractivity contribution >= 4 is 17.3 Å². The molecule has 0 atom stereocenters. The Balaban J connectivity index is 1.15. The van der Waals surface area contributed by atoms with Gasteiger partial charge in [-0.3, -0.25) is 4.98 Å². The molecule has 0 unspecified atom stereocenters. The zero-order valence-corrected chi connectivity index (χ0v) is 18.5. The summed E-state index contributed by atoms with van der Waals surface area (Å²) in [6, 6.07) is 16.8. The van der Waals surface area contributed by atoms with E-state index in [1.54, 1.807) is 0 Å². The third-order valence-electron chi connectivity index (χ3n) is 7.27. The zero-order valence-electron chi connectivity index (χ0n) is 18.5. The van der Waals surface area contributed by atoms with Gasteiger partial charge in [-0.15, -0.1) is 0 Å². The minimum atomic E-state index is 0.469. The third kappa shape index (κ3) is 3.35. The molecule has 0 bridgehead atoms. The summed E-state index contributed by atoms with van der Waals surface area (Å²) in [6.07, 6.45) is 6.34. The highest BCUT2D eigenvalue weighted by molar-refractivity contribution is 5.64. The van der Waals surface area contributed by atoms with Gasteiger partial charge < -0.3 is 15.5 Å². The van der Waals surface area contributed by atoms with Crippen LogP contribution < -0.4 is 15.5 Å². The molecule has 3 aromatic heterocycles. The molecule has 7 nitrogen and oxygen atoms in total. The number of anilines is 2. The molecule has 0 amide bonds. The summed E-state index contributed by atoms with van der Waals surface area (Å²) >= 11 is 0. The minimum absolute atomic E-state index is 0.469. The first kappa shape index (κ1) is 19.1. The molecule has 1 spiro atoms. The van der Waals surface area contributed by atoms with E-state index in [0.717, 1.165) is 61.3 Å². The fourth-order valence-corrected chi connectivity index (χ4v) is 5.08. The lowest BCUT2D eigenvalue weighted by Gasteiger charge is -2.56. The molecule has 1 saturated carbocycles. The lowest BCUT2D eigenvalue weighted by molar-refractivity contribution is 0.120. The van der Waals surface area contributed by atoms with E-state index in [0.29, 0.717) is 11.3 Å². The second kappa shape index (κ2) is 7.28. The van der Waals surface area contributed by atoms with Gasteiger partial charge in [-0.25, -0.2) is 4.98 Å². The number of fused-ring (bicyclic) bond motifs is 1. The number of nitrogens with one attached hydrogen (secondary N) is 2. The summed E-state index contributed by atoms with van der Waals surface area (Å²) in [5, 5.41) is 11.8. The highest BCUT2D eigenvalue weighted by atomic mass is 15.3. The van der Waals surface area contributed by atoms with Crippen molar-refractivity contribution < 1.29 is 0 Å². The van der Waals surface area contributed by atoms with E-state index in [4.69, 9.17) is 10.1 Å². The maximum Gasteiger partial charge on any atom is 0.163 e. The first-order valence-electron chi connectivity index (χ1n) is 11.9. The number of benzene rings is 1. The van der Waals surface area contributed by atoms with E-state index in [1.807, 2.05) is 35.1 Å². The van der Waals surface area contributed by atoms with Crippen molar-refractivity contribution in [2.75, 3.05) is 36.4 Å². The predicted molar refractivity (Wildman–Crippen MR) is 129 cm³/mol. The van der Waals surface area contributed by atoms with Crippen molar-refractivity contribution in [2.45, 2.75) is 25.3 Å². The summed E-state index contributed by atoms with van der Waals surface area (Å²) in [4.78, 5) is 11.9. The number of pyridine rings is 1. The van der Waals surface area contributed by atoms with E-state index in [-0.39, 0.29) is 0 Å². The first-order valence-corrected chi connectivity index (χ1v) is 11.9. The number of rotatable bonds is 6. The molecule has 33 heavy (non-hydrogen) atoms. The Bertz CT molecular complexity index is 1300.